The van der Waals surface area contributed by atoms with Crippen LogP contribution in [0.15, 0.2) is 16.9 Å². The summed E-state index contributed by atoms with van der Waals surface area (Å²) in [6.45, 7) is 2.21. The van der Waals surface area contributed by atoms with Crippen LogP contribution in [0.4, 0.5) is 11.4 Å². The average molecular weight is 242 g/mol. The van der Waals surface area contributed by atoms with Crippen LogP contribution in [0.5, 0.6) is 0 Å². The van der Waals surface area contributed by atoms with E-state index in [9.17, 15) is 0 Å². The summed E-state index contributed by atoms with van der Waals surface area (Å²) in [7, 11) is 0. The van der Waals surface area contributed by atoms with Crippen molar-refractivity contribution in [3.63, 3.8) is 0 Å². The third kappa shape index (κ3) is 1.63. The first kappa shape index (κ1) is 8.81. The standard InChI is InChI=1S/C9H12BrN3/c10-7-5-12-6-8(11)9(7)13-3-1-2-4-13/h5-6H,1-4,11H2. The van der Waals surface area contributed by atoms with E-state index >= 15 is 0 Å². The van der Waals surface area contributed by atoms with Gasteiger partial charge in [-0.1, -0.05) is 0 Å². The normalized spacial score (nSPS) is 16.5. The molecule has 0 radical (unpaired) electrons. The number of hydrogen-bond acceptors (Lipinski definition) is 3. The molecule has 0 atom stereocenters. The average Bonchev–Trinajstić information content (AvgIpc) is 2.57. The van der Waals surface area contributed by atoms with Gasteiger partial charge in [0, 0.05) is 19.3 Å². The Morgan fingerprint density at radius 2 is 2.00 bits per heavy atom. The summed E-state index contributed by atoms with van der Waals surface area (Å²) in [6.07, 6.45) is 6.02. The number of hydrogen-bond donors (Lipinski definition) is 1. The lowest BCUT2D eigenvalue weighted by Gasteiger charge is -2.20. The Morgan fingerprint density at radius 3 is 2.62 bits per heavy atom. The Kier molecular flexibility index (Phi) is 2.40. The molecule has 1 aromatic rings. The molecule has 0 spiro atoms. The van der Waals surface area contributed by atoms with Crippen LogP contribution in [0.2, 0.25) is 0 Å². The Labute approximate surface area is 86.1 Å². The van der Waals surface area contributed by atoms with Crippen molar-refractivity contribution in [2.45, 2.75) is 12.8 Å². The maximum atomic E-state index is 5.87. The van der Waals surface area contributed by atoms with E-state index in [2.05, 4.69) is 25.8 Å². The molecule has 4 heteroatoms. The van der Waals surface area contributed by atoms with Crippen molar-refractivity contribution in [2.75, 3.05) is 23.7 Å². The molecule has 2 N–H and O–H groups in total. The monoisotopic (exact) mass is 241 g/mol. The van der Waals surface area contributed by atoms with Gasteiger partial charge in [0.2, 0.25) is 0 Å². The lowest BCUT2D eigenvalue weighted by atomic mass is 10.3. The van der Waals surface area contributed by atoms with Crippen LogP contribution in [0, 0.1) is 0 Å². The lowest BCUT2D eigenvalue weighted by Crippen LogP contribution is -2.19. The predicted molar refractivity (Wildman–Crippen MR) is 57.8 cm³/mol. The van der Waals surface area contributed by atoms with Crippen molar-refractivity contribution < 1.29 is 0 Å². The number of anilines is 2. The van der Waals surface area contributed by atoms with Gasteiger partial charge in [0.15, 0.2) is 0 Å². The van der Waals surface area contributed by atoms with Crippen LogP contribution in [-0.4, -0.2) is 18.1 Å². The van der Waals surface area contributed by atoms with Crippen LogP contribution in [0.3, 0.4) is 0 Å². The topological polar surface area (TPSA) is 42.1 Å². The fraction of sp³-hybridized carbons (Fsp3) is 0.444. The molecule has 13 heavy (non-hydrogen) atoms. The van der Waals surface area contributed by atoms with Gasteiger partial charge in [0.05, 0.1) is 22.0 Å². The summed E-state index contributed by atoms with van der Waals surface area (Å²) in [5.41, 5.74) is 7.73. The number of aromatic nitrogens is 1. The Hall–Kier alpha value is -0.770. The van der Waals surface area contributed by atoms with Gasteiger partial charge in [-0.2, -0.15) is 0 Å². The molecule has 0 unspecified atom stereocenters. The van der Waals surface area contributed by atoms with E-state index in [4.69, 9.17) is 5.73 Å². The SMILES string of the molecule is Nc1cncc(Br)c1N1CCCC1. The summed E-state index contributed by atoms with van der Waals surface area (Å²) in [5, 5.41) is 0. The van der Waals surface area contributed by atoms with Gasteiger partial charge >= 0.3 is 0 Å². The number of pyridine rings is 1. The molecule has 0 amide bonds. The van der Waals surface area contributed by atoms with E-state index in [-0.39, 0.29) is 0 Å². The molecule has 2 heterocycles. The molecule has 0 aliphatic carbocycles. The van der Waals surface area contributed by atoms with E-state index < -0.39 is 0 Å². The Balaban J connectivity index is 2.37. The first-order chi connectivity index (χ1) is 6.29. The minimum Gasteiger partial charge on any atom is -0.396 e. The number of nitrogens with zero attached hydrogens (tertiary/aromatic N) is 2. The molecule has 1 aromatic heterocycles. The van der Waals surface area contributed by atoms with E-state index in [1.165, 1.54) is 12.8 Å². The summed E-state index contributed by atoms with van der Waals surface area (Å²) < 4.78 is 0.995. The summed E-state index contributed by atoms with van der Waals surface area (Å²) in [4.78, 5) is 6.32. The zero-order valence-corrected chi connectivity index (χ0v) is 8.92. The van der Waals surface area contributed by atoms with Crippen LogP contribution in [0.25, 0.3) is 0 Å². The van der Waals surface area contributed by atoms with Gasteiger partial charge < -0.3 is 10.6 Å². The highest BCUT2D eigenvalue weighted by molar-refractivity contribution is 9.10. The number of nitrogens with two attached hydrogens (primary N) is 1. The van der Waals surface area contributed by atoms with E-state index in [0.717, 1.165) is 28.9 Å². The van der Waals surface area contributed by atoms with Gasteiger partial charge in [0.1, 0.15) is 0 Å². The summed E-state index contributed by atoms with van der Waals surface area (Å²) in [5.74, 6) is 0. The predicted octanol–water partition coefficient (Wildman–Crippen LogP) is 2.03. The minimum atomic E-state index is 0.760. The smallest absolute Gasteiger partial charge is 0.0776 e. The Bertz CT molecular complexity index is 287. The lowest BCUT2D eigenvalue weighted by molar-refractivity contribution is 0.949. The molecule has 3 nitrogen and oxygen atoms in total. The summed E-state index contributed by atoms with van der Waals surface area (Å²) >= 11 is 3.47. The minimum absolute atomic E-state index is 0.760. The number of nitrogen functional groups attached to an aromatic ring is 1. The first-order valence-corrected chi connectivity index (χ1v) is 5.22. The van der Waals surface area contributed by atoms with Gasteiger partial charge in [-0.15, -0.1) is 0 Å². The maximum Gasteiger partial charge on any atom is 0.0776 e. The fourth-order valence-electron chi connectivity index (χ4n) is 1.72. The molecule has 1 aliphatic heterocycles. The molecule has 1 aliphatic rings. The summed E-state index contributed by atoms with van der Waals surface area (Å²) in [6, 6.07) is 0. The third-order valence-electron chi connectivity index (χ3n) is 2.32. The molecule has 0 bridgehead atoms. The highest BCUT2D eigenvalue weighted by atomic mass is 79.9. The van der Waals surface area contributed by atoms with Crippen LogP contribution < -0.4 is 10.6 Å². The van der Waals surface area contributed by atoms with Crippen LogP contribution in [-0.2, 0) is 0 Å². The second-order valence-corrected chi connectivity index (χ2v) is 4.11. The Morgan fingerprint density at radius 1 is 1.31 bits per heavy atom. The van der Waals surface area contributed by atoms with Crippen molar-refractivity contribution in [3.8, 4) is 0 Å². The van der Waals surface area contributed by atoms with Crippen molar-refractivity contribution in [1.29, 1.82) is 0 Å². The van der Waals surface area contributed by atoms with E-state index in [0.29, 0.717) is 0 Å². The second kappa shape index (κ2) is 3.54. The van der Waals surface area contributed by atoms with Crippen molar-refractivity contribution >= 4 is 27.3 Å². The first-order valence-electron chi connectivity index (χ1n) is 4.43. The molecular weight excluding hydrogens is 230 g/mol. The van der Waals surface area contributed by atoms with Gasteiger partial charge in [-0.25, -0.2) is 0 Å². The van der Waals surface area contributed by atoms with Gasteiger partial charge in [0.25, 0.3) is 0 Å². The highest BCUT2D eigenvalue weighted by Crippen LogP contribution is 2.33. The molecule has 0 aromatic carbocycles. The highest BCUT2D eigenvalue weighted by Gasteiger charge is 2.17. The van der Waals surface area contributed by atoms with E-state index in [1.807, 2.05) is 0 Å². The molecule has 0 saturated carbocycles. The van der Waals surface area contributed by atoms with Crippen molar-refractivity contribution in [3.05, 3.63) is 16.9 Å². The van der Waals surface area contributed by atoms with Crippen LogP contribution in [0.1, 0.15) is 12.8 Å². The van der Waals surface area contributed by atoms with Crippen molar-refractivity contribution in [2.24, 2.45) is 0 Å². The third-order valence-corrected chi connectivity index (χ3v) is 2.90. The number of rotatable bonds is 1. The second-order valence-electron chi connectivity index (χ2n) is 3.25. The molecular formula is C9H12BrN3. The molecule has 1 saturated heterocycles. The fourth-order valence-corrected chi connectivity index (χ4v) is 2.32. The van der Waals surface area contributed by atoms with Gasteiger partial charge in [-0.05, 0) is 28.8 Å². The number of halogens is 1. The molecule has 70 valence electrons. The zero-order chi connectivity index (χ0) is 9.26. The van der Waals surface area contributed by atoms with Gasteiger partial charge in [-0.3, -0.25) is 4.98 Å². The van der Waals surface area contributed by atoms with E-state index in [1.54, 1.807) is 12.4 Å². The maximum absolute atomic E-state index is 5.87. The zero-order valence-electron chi connectivity index (χ0n) is 7.33. The van der Waals surface area contributed by atoms with Crippen LogP contribution >= 0.6 is 15.9 Å². The van der Waals surface area contributed by atoms with Crippen molar-refractivity contribution in [1.82, 2.24) is 4.98 Å². The largest absolute Gasteiger partial charge is 0.396 e. The molecule has 2 rings (SSSR count). The molecule has 1 fully saturated rings. The quantitative estimate of drug-likeness (QED) is 0.819.